The van der Waals surface area contributed by atoms with Crippen molar-refractivity contribution in [3.8, 4) is 0 Å². The number of ether oxygens (including phenoxy) is 1. The fourth-order valence-corrected chi connectivity index (χ4v) is 2.45. The molecule has 0 aliphatic heterocycles. The molecule has 0 amide bonds. The molecule has 0 unspecified atom stereocenters. The van der Waals surface area contributed by atoms with Crippen LogP contribution in [0.3, 0.4) is 0 Å². The van der Waals surface area contributed by atoms with E-state index in [9.17, 15) is 0 Å². The Morgan fingerprint density at radius 1 is 0.700 bits per heavy atom. The van der Waals surface area contributed by atoms with Gasteiger partial charge >= 0.3 is 0 Å². The predicted octanol–water partition coefficient (Wildman–Crippen LogP) is 5.19. The molecule has 122 valence electrons. The van der Waals surface area contributed by atoms with Gasteiger partial charge in [0.15, 0.2) is 0 Å². The second kappa shape index (κ2) is 10.6. The molecule has 0 heterocycles. The first-order chi connectivity index (χ1) is 9.27. The molecule has 0 aromatic rings. The monoisotopic (exact) mass is 286 g/mol. The molecule has 0 saturated heterocycles. The average Bonchev–Trinajstić information content (AvgIpc) is 2.33. The summed E-state index contributed by atoms with van der Waals surface area (Å²) >= 11 is 0. The lowest BCUT2D eigenvalue weighted by Gasteiger charge is -2.24. The number of rotatable bonds is 12. The van der Waals surface area contributed by atoms with E-state index >= 15 is 0 Å². The molecule has 0 aromatic heterocycles. The fraction of sp³-hybridized carbons (Fsp3) is 1.00. The van der Waals surface area contributed by atoms with Gasteiger partial charge in [-0.25, -0.2) is 0 Å². The standard InChI is InChI=1S/C18H38O2/c1-17(2,3)11-6-8-15-20-16-9-7-12-18(4,5)13-10-14-19/h19H,6-16H2,1-5H3. The lowest BCUT2D eigenvalue weighted by Crippen LogP contribution is -2.12. The van der Waals surface area contributed by atoms with E-state index in [0.717, 1.165) is 26.1 Å². The zero-order valence-electron chi connectivity index (χ0n) is 14.6. The van der Waals surface area contributed by atoms with Crippen LogP contribution in [0.25, 0.3) is 0 Å². The molecule has 2 nitrogen and oxygen atoms in total. The molecule has 0 fully saturated rings. The van der Waals surface area contributed by atoms with E-state index in [2.05, 4.69) is 34.6 Å². The van der Waals surface area contributed by atoms with E-state index in [4.69, 9.17) is 9.84 Å². The van der Waals surface area contributed by atoms with Gasteiger partial charge in [0.2, 0.25) is 0 Å². The van der Waals surface area contributed by atoms with Crippen molar-refractivity contribution < 1.29 is 9.84 Å². The first-order valence-corrected chi connectivity index (χ1v) is 8.45. The minimum Gasteiger partial charge on any atom is -0.396 e. The lowest BCUT2D eigenvalue weighted by molar-refractivity contribution is 0.120. The van der Waals surface area contributed by atoms with Crippen molar-refractivity contribution in [2.45, 2.75) is 86.0 Å². The van der Waals surface area contributed by atoms with Crippen molar-refractivity contribution in [1.82, 2.24) is 0 Å². The van der Waals surface area contributed by atoms with Gasteiger partial charge in [-0.15, -0.1) is 0 Å². The van der Waals surface area contributed by atoms with Gasteiger partial charge in [0, 0.05) is 19.8 Å². The number of unbranched alkanes of at least 4 members (excludes halogenated alkanes) is 2. The van der Waals surface area contributed by atoms with Gasteiger partial charge in [0.25, 0.3) is 0 Å². The highest BCUT2D eigenvalue weighted by Gasteiger charge is 2.16. The highest BCUT2D eigenvalue weighted by atomic mass is 16.5. The number of aliphatic hydroxyl groups excluding tert-OH is 1. The maximum Gasteiger partial charge on any atom is 0.0466 e. The van der Waals surface area contributed by atoms with Crippen molar-refractivity contribution in [2.24, 2.45) is 10.8 Å². The normalized spacial score (nSPS) is 12.9. The fourth-order valence-electron chi connectivity index (χ4n) is 2.45. The Kier molecular flexibility index (Phi) is 10.6. The molecule has 0 spiro atoms. The zero-order valence-corrected chi connectivity index (χ0v) is 14.6. The van der Waals surface area contributed by atoms with Crippen LogP contribution in [0.15, 0.2) is 0 Å². The van der Waals surface area contributed by atoms with Crippen molar-refractivity contribution in [1.29, 1.82) is 0 Å². The Morgan fingerprint density at radius 3 is 1.70 bits per heavy atom. The second-order valence-electron chi connectivity index (χ2n) is 8.08. The Labute approximate surface area is 127 Å². The summed E-state index contributed by atoms with van der Waals surface area (Å²) in [6.45, 7) is 13.6. The van der Waals surface area contributed by atoms with Gasteiger partial charge in [-0.3, -0.25) is 0 Å². The van der Waals surface area contributed by atoms with Crippen LogP contribution in [0.2, 0.25) is 0 Å². The highest BCUT2D eigenvalue weighted by Crippen LogP contribution is 2.28. The lowest BCUT2D eigenvalue weighted by atomic mass is 9.83. The van der Waals surface area contributed by atoms with Crippen LogP contribution < -0.4 is 0 Å². The molecule has 20 heavy (non-hydrogen) atoms. The maximum absolute atomic E-state index is 8.87. The van der Waals surface area contributed by atoms with Crippen molar-refractivity contribution in [2.75, 3.05) is 19.8 Å². The molecule has 0 aliphatic carbocycles. The van der Waals surface area contributed by atoms with Crippen LogP contribution in [0.4, 0.5) is 0 Å². The Bertz CT molecular complexity index is 216. The first-order valence-electron chi connectivity index (χ1n) is 8.45. The molecular formula is C18H38O2. The van der Waals surface area contributed by atoms with Gasteiger partial charge in [0.05, 0.1) is 0 Å². The summed E-state index contributed by atoms with van der Waals surface area (Å²) in [5, 5.41) is 8.87. The van der Waals surface area contributed by atoms with E-state index in [1.54, 1.807) is 0 Å². The number of aliphatic hydroxyl groups is 1. The van der Waals surface area contributed by atoms with Gasteiger partial charge in [0.1, 0.15) is 0 Å². The summed E-state index contributed by atoms with van der Waals surface area (Å²) in [4.78, 5) is 0. The summed E-state index contributed by atoms with van der Waals surface area (Å²) < 4.78 is 5.70. The molecule has 0 atom stereocenters. The minimum atomic E-state index is 0.321. The van der Waals surface area contributed by atoms with Gasteiger partial charge < -0.3 is 9.84 Å². The summed E-state index contributed by atoms with van der Waals surface area (Å²) in [5.74, 6) is 0. The number of hydrogen-bond acceptors (Lipinski definition) is 2. The van der Waals surface area contributed by atoms with Crippen LogP contribution in [-0.4, -0.2) is 24.9 Å². The van der Waals surface area contributed by atoms with E-state index in [-0.39, 0.29) is 0 Å². The minimum absolute atomic E-state index is 0.321. The van der Waals surface area contributed by atoms with Crippen LogP contribution in [-0.2, 0) is 4.74 Å². The Balaban J connectivity index is 3.32. The van der Waals surface area contributed by atoms with Crippen LogP contribution in [0.1, 0.15) is 86.0 Å². The molecule has 0 radical (unpaired) electrons. The molecule has 0 aliphatic rings. The third-order valence-electron chi connectivity index (χ3n) is 3.87. The number of hydrogen-bond donors (Lipinski definition) is 1. The smallest absolute Gasteiger partial charge is 0.0466 e. The summed E-state index contributed by atoms with van der Waals surface area (Å²) in [6, 6.07) is 0. The Morgan fingerprint density at radius 2 is 1.20 bits per heavy atom. The second-order valence-corrected chi connectivity index (χ2v) is 8.08. The molecular weight excluding hydrogens is 248 g/mol. The van der Waals surface area contributed by atoms with E-state index in [0.29, 0.717) is 17.4 Å². The summed E-state index contributed by atoms with van der Waals surface area (Å²) in [5.41, 5.74) is 0.829. The van der Waals surface area contributed by atoms with E-state index in [1.165, 1.54) is 38.5 Å². The molecule has 0 rings (SSSR count). The average molecular weight is 286 g/mol. The molecule has 0 saturated carbocycles. The third kappa shape index (κ3) is 14.3. The van der Waals surface area contributed by atoms with Crippen molar-refractivity contribution in [3.05, 3.63) is 0 Å². The van der Waals surface area contributed by atoms with E-state index in [1.807, 2.05) is 0 Å². The maximum atomic E-state index is 8.87. The summed E-state index contributed by atoms with van der Waals surface area (Å²) in [6.07, 6.45) is 9.45. The van der Waals surface area contributed by atoms with Crippen molar-refractivity contribution >= 4 is 0 Å². The highest BCUT2D eigenvalue weighted by molar-refractivity contribution is 4.68. The molecule has 1 N–H and O–H groups in total. The largest absolute Gasteiger partial charge is 0.396 e. The Hall–Kier alpha value is -0.0800. The molecule has 0 aromatic carbocycles. The van der Waals surface area contributed by atoms with Gasteiger partial charge in [-0.1, -0.05) is 47.5 Å². The third-order valence-corrected chi connectivity index (χ3v) is 3.87. The van der Waals surface area contributed by atoms with Crippen LogP contribution >= 0.6 is 0 Å². The van der Waals surface area contributed by atoms with Crippen LogP contribution in [0, 0.1) is 10.8 Å². The van der Waals surface area contributed by atoms with Gasteiger partial charge in [-0.2, -0.15) is 0 Å². The van der Waals surface area contributed by atoms with Crippen molar-refractivity contribution in [3.63, 3.8) is 0 Å². The predicted molar refractivity (Wildman–Crippen MR) is 88.1 cm³/mol. The quantitative estimate of drug-likeness (QED) is 0.500. The SMILES string of the molecule is CC(C)(C)CCCCOCCCCC(C)(C)CCCO. The first kappa shape index (κ1) is 19.9. The topological polar surface area (TPSA) is 29.5 Å². The van der Waals surface area contributed by atoms with Gasteiger partial charge in [-0.05, 0) is 49.4 Å². The molecule has 0 bridgehead atoms. The zero-order chi connectivity index (χ0) is 15.5. The molecule has 2 heteroatoms. The summed E-state index contributed by atoms with van der Waals surface area (Å²) in [7, 11) is 0. The van der Waals surface area contributed by atoms with Crippen LogP contribution in [0.5, 0.6) is 0 Å². The van der Waals surface area contributed by atoms with E-state index < -0.39 is 0 Å².